The highest BCUT2D eigenvalue weighted by Crippen LogP contribution is 2.23. The quantitative estimate of drug-likeness (QED) is 0.462. The number of unbranched alkanes of at least 4 members (excludes halogenated alkanes) is 2. The Morgan fingerprint density at radius 2 is 1.70 bits per heavy atom. The maximum Gasteiger partial charge on any atom is 0.303 e. The van der Waals surface area contributed by atoms with Gasteiger partial charge < -0.3 is 5.11 Å². The van der Waals surface area contributed by atoms with Crippen LogP contribution in [-0.4, -0.2) is 31.8 Å². The van der Waals surface area contributed by atoms with Crippen molar-refractivity contribution in [3.63, 3.8) is 0 Å². The second-order valence-corrected chi connectivity index (χ2v) is 8.11. The predicted molar refractivity (Wildman–Crippen MR) is 103 cm³/mol. The maximum absolute atomic E-state index is 12.6. The number of rotatable bonds is 10. The van der Waals surface area contributed by atoms with Crippen molar-refractivity contribution in [3.05, 3.63) is 64.7 Å². The van der Waals surface area contributed by atoms with E-state index in [1.807, 2.05) is 0 Å². The number of carboxylic acid groups (broad SMARTS) is 1. The zero-order valence-electron chi connectivity index (χ0n) is 14.5. The second-order valence-electron chi connectivity index (χ2n) is 5.94. The minimum absolute atomic E-state index is 0.0447. The molecule has 0 aliphatic rings. The van der Waals surface area contributed by atoms with E-state index >= 15 is 0 Å². The molecule has 0 radical (unpaired) electrons. The lowest BCUT2D eigenvalue weighted by Crippen LogP contribution is -2.25. The van der Waals surface area contributed by atoms with Crippen molar-refractivity contribution in [3.8, 4) is 0 Å². The number of benzene rings is 2. The SMILES string of the molecule is O=C(O)CCCCCNS(=O)(=O)c1ccc(Cl)c(C(=O)c2ccccc2)c1. The largest absolute Gasteiger partial charge is 0.481 e. The van der Waals surface area contributed by atoms with Gasteiger partial charge >= 0.3 is 5.97 Å². The molecule has 0 saturated carbocycles. The summed E-state index contributed by atoms with van der Waals surface area (Å²) < 4.78 is 27.3. The first-order valence-electron chi connectivity index (χ1n) is 8.42. The average molecular weight is 410 g/mol. The van der Waals surface area contributed by atoms with Gasteiger partial charge in [0.1, 0.15) is 0 Å². The molecule has 0 atom stereocenters. The summed E-state index contributed by atoms with van der Waals surface area (Å²) in [6.07, 6.45) is 1.69. The Morgan fingerprint density at radius 1 is 1.00 bits per heavy atom. The van der Waals surface area contributed by atoms with Gasteiger partial charge in [0, 0.05) is 24.1 Å². The van der Waals surface area contributed by atoms with Crippen LogP contribution in [-0.2, 0) is 14.8 Å². The lowest BCUT2D eigenvalue weighted by Gasteiger charge is -2.09. The smallest absolute Gasteiger partial charge is 0.303 e. The molecule has 144 valence electrons. The van der Waals surface area contributed by atoms with Crippen molar-refractivity contribution in [1.82, 2.24) is 4.72 Å². The third kappa shape index (κ3) is 6.16. The van der Waals surface area contributed by atoms with Crippen molar-refractivity contribution in [2.75, 3.05) is 6.54 Å². The molecule has 0 aliphatic heterocycles. The Bertz CT molecular complexity index is 913. The predicted octanol–water partition coefficient (Wildman–Crippen LogP) is 3.49. The third-order valence-electron chi connectivity index (χ3n) is 3.89. The molecule has 0 saturated heterocycles. The van der Waals surface area contributed by atoms with Crippen LogP contribution in [0.4, 0.5) is 0 Å². The number of hydrogen-bond donors (Lipinski definition) is 2. The summed E-state index contributed by atoms with van der Waals surface area (Å²) >= 11 is 6.09. The van der Waals surface area contributed by atoms with Gasteiger partial charge in [-0.15, -0.1) is 0 Å². The van der Waals surface area contributed by atoms with E-state index in [-0.39, 0.29) is 34.2 Å². The lowest BCUT2D eigenvalue weighted by atomic mass is 10.0. The first-order chi connectivity index (χ1) is 12.8. The van der Waals surface area contributed by atoms with Gasteiger partial charge in [0.25, 0.3) is 0 Å². The Kier molecular flexibility index (Phi) is 7.53. The van der Waals surface area contributed by atoms with Crippen LogP contribution in [0.5, 0.6) is 0 Å². The summed E-state index contributed by atoms with van der Waals surface area (Å²) in [7, 11) is -3.80. The number of halogens is 1. The summed E-state index contributed by atoms with van der Waals surface area (Å²) in [6.45, 7) is 0.187. The van der Waals surface area contributed by atoms with Crippen LogP contribution in [0.3, 0.4) is 0 Å². The summed E-state index contributed by atoms with van der Waals surface area (Å²) in [5.41, 5.74) is 0.535. The van der Waals surface area contributed by atoms with Gasteiger partial charge in [-0.2, -0.15) is 0 Å². The lowest BCUT2D eigenvalue weighted by molar-refractivity contribution is -0.137. The Hall–Kier alpha value is -2.22. The Labute approximate surface area is 163 Å². The van der Waals surface area contributed by atoms with Gasteiger partial charge in [-0.3, -0.25) is 9.59 Å². The van der Waals surface area contributed by atoms with Crippen molar-refractivity contribution in [2.24, 2.45) is 0 Å². The summed E-state index contributed by atoms with van der Waals surface area (Å²) in [5, 5.41) is 8.75. The Balaban J connectivity index is 2.07. The fourth-order valence-electron chi connectivity index (χ4n) is 2.46. The minimum atomic E-state index is -3.80. The van der Waals surface area contributed by atoms with Crippen LogP contribution < -0.4 is 4.72 Å². The first kappa shape index (κ1) is 21.1. The molecule has 0 unspecified atom stereocenters. The topological polar surface area (TPSA) is 101 Å². The van der Waals surface area contributed by atoms with Gasteiger partial charge in [-0.1, -0.05) is 48.4 Å². The number of sulfonamides is 1. The number of ketones is 1. The van der Waals surface area contributed by atoms with Crippen LogP contribution >= 0.6 is 11.6 Å². The highest BCUT2D eigenvalue weighted by molar-refractivity contribution is 7.89. The molecule has 2 aromatic carbocycles. The molecule has 8 heteroatoms. The van der Waals surface area contributed by atoms with Crippen LogP contribution in [0.1, 0.15) is 41.6 Å². The number of carbonyl (C=O) groups excluding carboxylic acids is 1. The monoisotopic (exact) mass is 409 g/mol. The molecule has 0 aromatic heterocycles. The van der Waals surface area contributed by atoms with Crippen LogP contribution in [0.25, 0.3) is 0 Å². The van der Waals surface area contributed by atoms with E-state index < -0.39 is 16.0 Å². The maximum atomic E-state index is 12.6. The molecular weight excluding hydrogens is 390 g/mol. The third-order valence-corrected chi connectivity index (χ3v) is 5.68. The zero-order valence-corrected chi connectivity index (χ0v) is 16.1. The molecule has 0 spiro atoms. The van der Waals surface area contributed by atoms with E-state index in [1.165, 1.54) is 18.2 Å². The highest BCUT2D eigenvalue weighted by atomic mass is 35.5. The summed E-state index contributed by atoms with van der Waals surface area (Å²) in [6, 6.07) is 12.5. The summed E-state index contributed by atoms with van der Waals surface area (Å²) in [5.74, 6) is -1.22. The molecule has 6 nitrogen and oxygen atoms in total. The molecule has 2 N–H and O–H groups in total. The fraction of sp³-hybridized carbons (Fsp3) is 0.263. The number of carboxylic acids is 1. The van der Waals surface area contributed by atoms with Gasteiger partial charge in [-0.05, 0) is 31.0 Å². The molecule has 0 bridgehead atoms. The van der Waals surface area contributed by atoms with E-state index in [0.717, 1.165) is 0 Å². The van der Waals surface area contributed by atoms with Crippen molar-refractivity contribution in [2.45, 2.75) is 30.6 Å². The fourth-order valence-corrected chi connectivity index (χ4v) is 3.76. The van der Waals surface area contributed by atoms with Gasteiger partial charge in [0.15, 0.2) is 5.78 Å². The first-order valence-corrected chi connectivity index (χ1v) is 10.3. The van der Waals surface area contributed by atoms with Crippen LogP contribution in [0.15, 0.2) is 53.4 Å². The van der Waals surface area contributed by atoms with Crippen LogP contribution in [0, 0.1) is 0 Å². The molecule has 0 amide bonds. The van der Waals surface area contributed by atoms with E-state index in [0.29, 0.717) is 24.8 Å². The zero-order chi connectivity index (χ0) is 19.9. The average Bonchev–Trinajstić information content (AvgIpc) is 2.64. The Morgan fingerprint density at radius 3 is 2.37 bits per heavy atom. The molecule has 27 heavy (non-hydrogen) atoms. The van der Waals surface area contributed by atoms with E-state index in [2.05, 4.69) is 4.72 Å². The van der Waals surface area contributed by atoms with E-state index in [1.54, 1.807) is 30.3 Å². The molecule has 2 aromatic rings. The van der Waals surface area contributed by atoms with Crippen molar-refractivity contribution >= 4 is 33.4 Å². The van der Waals surface area contributed by atoms with Crippen molar-refractivity contribution in [1.29, 1.82) is 0 Å². The molecule has 2 rings (SSSR count). The second kappa shape index (κ2) is 9.64. The highest BCUT2D eigenvalue weighted by Gasteiger charge is 2.19. The molecule has 0 aliphatic carbocycles. The minimum Gasteiger partial charge on any atom is -0.481 e. The number of aliphatic carboxylic acids is 1. The van der Waals surface area contributed by atoms with Gasteiger partial charge in [-0.25, -0.2) is 13.1 Å². The molecule has 0 fully saturated rings. The van der Waals surface area contributed by atoms with Gasteiger partial charge in [0.05, 0.1) is 9.92 Å². The standard InChI is InChI=1S/C19H20ClNO5S/c20-17-11-10-15(13-16(17)19(24)14-7-3-1-4-8-14)27(25,26)21-12-6-2-5-9-18(22)23/h1,3-4,7-8,10-11,13,21H,2,5-6,9,12H2,(H,22,23). The van der Waals surface area contributed by atoms with Crippen LogP contribution in [0.2, 0.25) is 5.02 Å². The van der Waals surface area contributed by atoms with Gasteiger partial charge in [0.2, 0.25) is 10.0 Å². The van der Waals surface area contributed by atoms with E-state index in [4.69, 9.17) is 16.7 Å². The number of nitrogens with one attached hydrogen (secondary N) is 1. The molecular formula is C19H20ClNO5S. The number of hydrogen-bond acceptors (Lipinski definition) is 4. The molecule has 0 heterocycles. The number of carbonyl (C=O) groups is 2. The van der Waals surface area contributed by atoms with Crippen molar-refractivity contribution < 1.29 is 23.1 Å². The normalized spacial score (nSPS) is 11.3. The van der Waals surface area contributed by atoms with E-state index in [9.17, 15) is 18.0 Å². The summed E-state index contributed by atoms with van der Waals surface area (Å²) in [4.78, 5) is 23.0.